The van der Waals surface area contributed by atoms with Crippen LogP contribution >= 0.6 is 0 Å². The maximum absolute atomic E-state index is 12.4. The van der Waals surface area contributed by atoms with Crippen molar-refractivity contribution < 1.29 is 9.59 Å². The SMILES string of the molecule is C[C@@]12CC=CC(=O)C1[C@@H]1C(=O)C=CCC1CCCC2. The Hall–Kier alpha value is -1.18. The highest BCUT2D eigenvalue weighted by molar-refractivity contribution is 6.01. The van der Waals surface area contributed by atoms with Crippen LogP contribution in [-0.2, 0) is 9.59 Å². The molecule has 1 saturated carbocycles. The quantitative estimate of drug-likeness (QED) is 0.666. The van der Waals surface area contributed by atoms with Crippen LogP contribution in [0.1, 0.15) is 45.4 Å². The lowest BCUT2D eigenvalue weighted by atomic mass is 9.56. The van der Waals surface area contributed by atoms with Gasteiger partial charge in [-0.25, -0.2) is 0 Å². The van der Waals surface area contributed by atoms with Crippen LogP contribution in [0, 0.1) is 23.2 Å². The maximum Gasteiger partial charge on any atom is 0.159 e. The number of carbonyl (C=O) groups is 2. The van der Waals surface area contributed by atoms with Gasteiger partial charge in [-0.3, -0.25) is 9.59 Å². The Morgan fingerprint density at radius 2 is 1.89 bits per heavy atom. The summed E-state index contributed by atoms with van der Waals surface area (Å²) in [5.41, 5.74) is -0.00396. The van der Waals surface area contributed by atoms with E-state index in [9.17, 15) is 9.59 Å². The minimum atomic E-state index is -0.0831. The van der Waals surface area contributed by atoms with E-state index in [1.165, 1.54) is 12.8 Å². The van der Waals surface area contributed by atoms with E-state index < -0.39 is 0 Å². The number of hydrogen-bond acceptors (Lipinski definition) is 2. The second-order valence-corrected chi connectivity index (χ2v) is 6.71. The lowest BCUT2D eigenvalue weighted by Gasteiger charge is -2.46. The number of fused-ring (bicyclic) bond motifs is 3. The summed E-state index contributed by atoms with van der Waals surface area (Å²) in [6.07, 6.45) is 13.9. The molecule has 0 heterocycles. The number of allylic oxidation sites excluding steroid dienone is 4. The van der Waals surface area contributed by atoms with Crippen LogP contribution in [0.3, 0.4) is 0 Å². The summed E-state index contributed by atoms with van der Waals surface area (Å²) in [6.45, 7) is 2.22. The summed E-state index contributed by atoms with van der Waals surface area (Å²) >= 11 is 0. The van der Waals surface area contributed by atoms with Crippen LogP contribution in [0.5, 0.6) is 0 Å². The van der Waals surface area contributed by atoms with Gasteiger partial charge in [0.05, 0.1) is 0 Å². The molecule has 0 aromatic rings. The normalized spacial score (nSPS) is 42.3. The van der Waals surface area contributed by atoms with E-state index in [-0.39, 0.29) is 28.8 Å². The first-order valence-corrected chi connectivity index (χ1v) is 7.53. The zero-order valence-corrected chi connectivity index (χ0v) is 11.6. The first-order valence-electron chi connectivity index (χ1n) is 7.53. The second-order valence-electron chi connectivity index (χ2n) is 6.71. The third-order valence-corrected chi connectivity index (χ3v) is 5.41. The Labute approximate surface area is 115 Å². The molecule has 0 aromatic carbocycles. The maximum atomic E-state index is 12.4. The Bertz CT molecular complexity index is 460. The molecular weight excluding hydrogens is 236 g/mol. The van der Waals surface area contributed by atoms with Crippen molar-refractivity contribution in [1.29, 1.82) is 0 Å². The van der Waals surface area contributed by atoms with Crippen molar-refractivity contribution >= 4 is 11.6 Å². The van der Waals surface area contributed by atoms with Crippen LogP contribution in [0.25, 0.3) is 0 Å². The fourth-order valence-electron chi connectivity index (χ4n) is 4.40. The van der Waals surface area contributed by atoms with E-state index in [1.807, 2.05) is 12.2 Å². The number of ketones is 2. The molecule has 3 rings (SSSR count). The topological polar surface area (TPSA) is 34.1 Å². The predicted octanol–water partition coefficient (Wildman–Crippen LogP) is 3.47. The zero-order chi connectivity index (χ0) is 13.5. The Morgan fingerprint density at radius 1 is 1.11 bits per heavy atom. The first-order chi connectivity index (χ1) is 9.12. The molecule has 3 aliphatic carbocycles. The van der Waals surface area contributed by atoms with Gasteiger partial charge in [-0.2, -0.15) is 0 Å². The molecule has 1 fully saturated rings. The highest BCUT2D eigenvalue weighted by Gasteiger charge is 2.49. The van der Waals surface area contributed by atoms with Gasteiger partial charge in [-0.1, -0.05) is 31.9 Å². The summed E-state index contributed by atoms with van der Waals surface area (Å²) in [5.74, 6) is 0.623. The van der Waals surface area contributed by atoms with E-state index >= 15 is 0 Å². The van der Waals surface area contributed by atoms with Crippen molar-refractivity contribution in [2.75, 3.05) is 0 Å². The third kappa shape index (κ3) is 2.11. The smallest absolute Gasteiger partial charge is 0.159 e. The van der Waals surface area contributed by atoms with Crippen molar-refractivity contribution in [3.05, 3.63) is 24.3 Å². The molecule has 2 nitrogen and oxygen atoms in total. The first kappa shape index (κ1) is 12.8. The van der Waals surface area contributed by atoms with Gasteiger partial charge >= 0.3 is 0 Å². The van der Waals surface area contributed by atoms with E-state index in [1.54, 1.807) is 12.2 Å². The summed E-state index contributed by atoms with van der Waals surface area (Å²) in [5, 5.41) is 0. The van der Waals surface area contributed by atoms with Gasteiger partial charge in [0.1, 0.15) is 0 Å². The molecule has 0 amide bonds. The summed E-state index contributed by atoms with van der Waals surface area (Å²) in [6, 6.07) is 0. The predicted molar refractivity (Wildman–Crippen MR) is 74.6 cm³/mol. The highest BCUT2D eigenvalue weighted by Crippen LogP contribution is 2.50. The van der Waals surface area contributed by atoms with Gasteiger partial charge in [-0.05, 0) is 49.2 Å². The van der Waals surface area contributed by atoms with Crippen molar-refractivity contribution in [3.8, 4) is 0 Å². The molecule has 0 bridgehead atoms. The molecule has 4 atom stereocenters. The van der Waals surface area contributed by atoms with Crippen molar-refractivity contribution in [1.82, 2.24) is 0 Å². The average Bonchev–Trinajstić information content (AvgIpc) is 2.35. The molecule has 19 heavy (non-hydrogen) atoms. The van der Waals surface area contributed by atoms with Crippen molar-refractivity contribution in [2.24, 2.45) is 23.2 Å². The summed E-state index contributed by atoms with van der Waals surface area (Å²) in [7, 11) is 0. The van der Waals surface area contributed by atoms with Gasteiger partial charge in [0.2, 0.25) is 0 Å². The van der Waals surface area contributed by atoms with E-state index in [2.05, 4.69) is 6.92 Å². The fourth-order valence-corrected chi connectivity index (χ4v) is 4.40. The Balaban J connectivity index is 2.04. The molecule has 0 N–H and O–H groups in total. The van der Waals surface area contributed by atoms with Crippen LogP contribution < -0.4 is 0 Å². The van der Waals surface area contributed by atoms with Crippen LogP contribution in [0.15, 0.2) is 24.3 Å². The number of carbonyl (C=O) groups excluding carboxylic acids is 2. The molecule has 0 radical (unpaired) electrons. The molecule has 0 spiro atoms. The molecule has 0 saturated heterocycles. The number of rotatable bonds is 0. The lowest BCUT2D eigenvalue weighted by molar-refractivity contribution is -0.137. The van der Waals surface area contributed by atoms with Gasteiger partial charge in [0, 0.05) is 11.8 Å². The standard InChI is InChI=1S/C17H22O2/c1-17-10-3-2-6-12-7-4-8-13(18)15(12)16(17)14(19)9-5-11-17/h4-5,8-9,12,15-16H,2-3,6-7,10-11H2,1H3/t12?,15-,16?,17+/m0/s1. The highest BCUT2D eigenvalue weighted by atomic mass is 16.1. The largest absolute Gasteiger partial charge is 0.295 e. The Morgan fingerprint density at radius 3 is 2.74 bits per heavy atom. The minimum absolute atomic E-state index is 0.00396. The molecule has 0 aliphatic heterocycles. The van der Waals surface area contributed by atoms with Crippen LogP contribution in [-0.4, -0.2) is 11.6 Å². The molecule has 102 valence electrons. The van der Waals surface area contributed by atoms with Gasteiger partial charge < -0.3 is 0 Å². The average molecular weight is 258 g/mol. The summed E-state index contributed by atoms with van der Waals surface area (Å²) in [4.78, 5) is 24.8. The molecule has 3 aliphatic rings. The van der Waals surface area contributed by atoms with E-state index in [0.717, 1.165) is 25.7 Å². The van der Waals surface area contributed by atoms with Gasteiger partial charge in [-0.15, -0.1) is 0 Å². The lowest BCUT2D eigenvalue weighted by Crippen LogP contribution is -2.47. The zero-order valence-electron chi connectivity index (χ0n) is 11.6. The van der Waals surface area contributed by atoms with E-state index in [0.29, 0.717) is 5.92 Å². The van der Waals surface area contributed by atoms with Crippen molar-refractivity contribution in [2.45, 2.75) is 45.4 Å². The van der Waals surface area contributed by atoms with E-state index in [4.69, 9.17) is 0 Å². The monoisotopic (exact) mass is 258 g/mol. The second kappa shape index (κ2) is 4.73. The summed E-state index contributed by atoms with van der Waals surface area (Å²) < 4.78 is 0. The van der Waals surface area contributed by atoms with Gasteiger partial charge in [0.25, 0.3) is 0 Å². The number of hydrogen-bond donors (Lipinski definition) is 0. The van der Waals surface area contributed by atoms with Crippen LogP contribution in [0.2, 0.25) is 0 Å². The minimum Gasteiger partial charge on any atom is -0.295 e. The van der Waals surface area contributed by atoms with Crippen LogP contribution in [0.4, 0.5) is 0 Å². The molecule has 2 heteroatoms. The molecule has 2 unspecified atom stereocenters. The van der Waals surface area contributed by atoms with Gasteiger partial charge in [0.15, 0.2) is 11.6 Å². The molecule has 0 aromatic heterocycles. The fraction of sp³-hybridized carbons (Fsp3) is 0.647. The molecular formula is C17H22O2. The third-order valence-electron chi connectivity index (χ3n) is 5.41. The van der Waals surface area contributed by atoms with Crippen molar-refractivity contribution in [3.63, 3.8) is 0 Å². The Kier molecular flexibility index (Phi) is 3.20.